The van der Waals surface area contributed by atoms with E-state index < -0.39 is 0 Å². The molecule has 60 valence electrons. The average Bonchev–Trinajstić information content (AvgIpc) is 1.86. The number of rotatable bonds is 1. The first-order chi connectivity index (χ1) is 5.00. The molecule has 0 bridgehead atoms. The molecular weight excluding hydrogens is 362 g/mol. The zero-order valence-corrected chi connectivity index (χ0v) is 10.9. The predicted octanol–water partition coefficient (Wildman–Crippen LogP) is 3.96. The van der Waals surface area contributed by atoms with Gasteiger partial charge in [-0.2, -0.15) is 0 Å². The molecular formula is C9H10I2. The van der Waals surface area contributed by atoms with Gasteiger partial charge in [0.15, 0.2) is 0 Å². The highest BCUT2D eigenvalue weighted by molar-refractivity contribution is 14.1. The maximum atomic E-state index is 2.45. The molecule has 0 aliphatic heterocycles. The molecule has 0 amide bonds. The molecule has 1 aromatic rings. The molecule has 0 fully saturated rings. The second-order valence-corrected chi connectivity index (χ2v) is 6.92. The van der Waals surface area contributed by atoms with Crippen molar-refractivity contribution in [1.82, 2.24) is 0 Å². The number of halogens is 2. The number of benzene rings is 1. The van der Waals surface area contributed by atoms with Gasteiger partial charge < -0.3 is 0 Å². The van der Waals surface area contributed by atoms with Crippen molar-refractivity contribution >= 4 is 45.2 Å². The van der Waals surface area contributed by atoms with Gasteiger partial charge in [0, 0.05) is 6.99 Å². The molecule has 1 aromatic carbocycles. The Balaban J connectivity index is 2.99. The van der Waals surface area contributed by atoms with E-state index in [0.29, 0.717) is 0 Å². The third kappa shape index (κ3) is 2.89. The fourth-order valence-electron chi connectivity index (χ4n) is 0.846. The van der Waals surface area contributed by atoms with Crippen LogP contribution in [0.25, 0.3) is 0 Å². The molecule has 0 spiro atoms. The van der Waals surface area contributed by atoms with Crippen molar-refractivity contribution in [1.29, 1.82) is 0 Å². The van der Waals surface area contributed by atoms with Crippen molar-refractivity contribution in [3.63, 3.8) is 0 Å². The van der Waals surface area contributed by atoms with Gasteiger partial charge in [0.1, 0.15) is 0 Å². The molecule has 11 heavy (non-hydrogen) atoms. The maximum absolute atomic E-state index is 2.45. The van der Waals surface area contributed by atoms with Gasteiger partial charge in [-0.15, -0.1) is 0 Å². The summed E-state index contributed by atoms with van der Waals surface area (Å²) in [6.45, 7) is 4.44. The minimum atomic E-state index is 0.252. The molecule has 1 rings (SSSR count). The first-order valence-corrected chi connectivity index (χ1v) is 5.61. The summed E-state index contributed by atoms with van der Waals surface area (Å²) in [6.07, 6.45) is 0. The average molecular weight is 372 g/mol. The first kappa shape index (κ1) is 9.77. The van der Waals surface area contributed by atoms with Gasteiger partial charge in [0.05, 0.1) is 0 Å². The van der Waals surface area contributed by atoms with Gasteiger partial charge in [0.2, 0.25) is 0 Å². The largest absolute Gasteiger partial charge is 0.0743 e. The fraction of sp³-hybridized carbons (Fsp3) is 0.333. The lowest BCUT2D eigenvalue weighted by Gasteiger charge is -2.16. The lowest BCUT2D eigenvalue weighted by atomic mass is 10.0. The second kappa shape index (κ2) is 3.60. The Bertz CT molecular complexity index is 231. The van der Waals surface area contributed by atoms with Crippen molar-refractivity contribution in [2.75, 3.05) is 0 Å². The summed E-state index contributed by atoms with van der Waals surface area (Å²) in [7, 11) is 0. The molecule has 2 heteroatoms. The van der Waals surface area contributed by atoms with Gasteiger partial charge in [-0.05, 0) is 54.1 Å². The summed E-state index contributed by atoms with van der Waals surface area (Å²) in [4.78, 5) is 0. The van der Waals surface area contributed by atoms with Crippen molar-refractivity contribution in [3.8, 4) is 0 Å². The Morgan fingerprint density at radius 1 is 1.09 bits per heavy atom. The topological polar surface area (TPSA) is 0 Å². The van der Waals surface area contributed by atoms with Crippen molar-refractivity contribution in [3.05, 3.63) is 33.4 Å². The van der Waals surface area contributed by atoms with Crippen LogP contribution in [0.3, 0.4) is 0 Å². The maximum Gasteiger partial charge on any atom is 0.0414 e. The van der Waals surface area contributed by atoms with E-state index in [9.17, 15) is 0 Å². The van der Waals surface area contributed by atoms with Crippen LogP contribution in [0.4, 0.5) is 0 Å². The Hall–Kier alpha value is 0.680. The minimum Gasteiger partial charge on any atom is -0.0743 e. The molecule has 0 atom stereocenters. The molecule has 0 aliphatic carbocycles. The summed E-state index contributed by atoms with van der Waals surface area (Å²) in [6, 6.07) is 8.68. The van der Waals surface area contributed by atoms with E-state index in [1.54, 1.807) is 0 Å². The molecule has 0 aromatic heterocycles. The zero-order valence-electron chi connectivity index (χ0n) is 6.57. The van der Waals surface area contributed by atoms with Crippen LogP contribution in [0.15, 0.2) is 24.3 Å². The summed E-state index contributed by atoms with van der Waals surface area (Å²) in [5.74, 6) is 0. The molecule has 0 heterocycles. The summed E-state index contributed by atoms with van der Waals surface area (Å²) in [5.41, 5.74) is 1.39. The molecule has 0 N–H and O–H groups in total. The van der Waals surface area contributed by atoms with Gasteiger partial charge in [-0.1, -0.05) is 34.7 Å². The third-order valence-electron chi connectivity index (χ3n) is 1.53. The molecule has 0 nitrogen and oxygen atoms in total. The van der Waals surface area contributed by atoms with Crippen LogP contribution >= 0.6 is 45.2 Å². The highest BCUT2D eigenvalue weighted by atomic mass is 127. The third-order valence-corrected chi connectivity index (χ3v) is 2.87. The highest BCUT2D eigenvalue weighted by Gasteiger charge is 2.14. The van der Waals surface area contributed by atoms with Crippen LogP contribution in [0, 0.1) is 3.57 Å². The normalized spacial score (nSPS) is 11.6. The monoisotopic (exact) mass is 372 g/mol. The van der Waals surface area contributed by atoms with Gasteiger partial charge >= 0.3 is 0 Å². The highest BCUT2D eigenvalue weighted by Crippen LogP contribution is 2.30. The number of hydrogen-bond donors (Lipinski definition) is 0. The van der Waals surface area contributed by atoms with E-state index in [2.05, 4.69) is 83.3 Å². The van der Waals surface area contributed by atoms with E-state index in [0.717, 1.165) is 0 Å². The van der Waals surface area contributed by atoms with Gasteiger partial charge in [-0.3, -0.25) is 0 Å². The molecule has 0 unspecified atom stereocenters. The van der Waals surface area contributed by atoms with E-state index in [4.69, 9.17) is 0 Å². The Labute approximate surface area is 95.0 Å². The molecule has 0 aliphatic rings. The van der Waals surface area contributed by atoms with E-state index in [-0.39, 0.29) is 3.42 Å². The van der Waals surface area contributed by atoms with Crippen LogP contribution in [-0.2, 0) is 3.42 Å². The van der Waals surface area contributed by atoms with Crippen molar-refractivity contribution < 1.29 is 0 Å². The van der Waals surface area contributed by atoms with Gasteiger partial charge in [-0.25, -0.2) is 0 Å². The standard InChI is InChI=1S/C9H10I2/c1-9(2,11)7-3-5-8(10)6-4-7/h3-6H,1-2H3. The zero-order chi connectivity index (χ0) is 8.48. The predicted molar refractivity (Wildman–Crippen MR) is 66.2 cm³/mol. The summed E-state index contributed by atoms with van der Waals surface area (Å²) >= 11 is 4.77. The van der Waals surface area contributed by atoms with E-state index in [1.165, 1.54) is 9.13 Å². The number of alkyl halides is 1. The van der Waals surface area contributed by atoms with Crippen LogP contribution in [0.5, 0.6) is 0 Å². The second-order valence-electron chi connectivity index (χ2n) is 2.98. The SMILES string of the molecule is CC(C)(I)c1ccc(I)cc1. The van der Waals surface area contributed by atoms with Crippen LogP contribution in [0.1, 0.15) is 19.4 Å². The fourth-order valence-corrected chi connectivity index (χ4v) is 1.57. The van der Waals surface area contributed by atoms with Crippen LogP contribution < -0.4 is 0 Å². The lowest BCUT2D eigenvalue weighted by Crippen LogP contribution is -2.05. The van der Waals surface area contributed by atoms with E-state index in [1.807, 2.05) is 0 Å². The Morgan fingerprint density at radius 3 is 1.91 bits per heavy atom. The smallest absolute Gasteiger partial charge is 0.0414 e. The Morgan fingerprint density at radius 2 is 1.55 bits per heavy atom. The summed E-state index contributed by atoms with van der Waals surface area (Å²) in [5, 5.41) is 0. The summed E-state index contributed by atoms with van der Waals surface area (Å²) < 4.78 is 1.55. The molecule has 0 saturated heterocycles. The number of hydrogen-bond acceptors (Lipinski definition) is 0. The minimum absolute atomic E-state index is 0.252. The Kier molecular flexibility index (Phi) is 3.19. The van der Waals surface area contributed by atoms with Crippen LogP contribution in [-0.4, -0.2) is 0 Å². The first-order valence-electron chi connectivity index (χ1n) is 3.45. The molecule has 0 saturated carbocycles. The quantitative estimate of drug-likeness (QED) is 0.517. The van der Waals surface area contributed by atoms with E-state index >= 15 is 0 Å². The van der Waals surface area contributed by atoms with Crippen molar-refractivity contribution in [2.24, 2.45) is 0 Å². The van der Waals surface area contributed by atoms with Gasteiger partial charge in [0.25, 0.3) is 0 Å². The van der Waals surface area contributed by atoms with Crippen molar-refractivity contribution in [2.45, 2.75) is 17.3 Å². The molecule has 0 radical (unpaired) electrons. The lowest BCUT2D eigenvalue weighted by molar-refractivity contribution is 0.826. The van der Waals surface area contributed by atoms with Crippen LogP contribution in [0.2, 0.25) is 0 Å².